The predicted octanol–water partition coefficient (Wildman–Crippen LogP) is 2.67. The number of sulfone groups is 1. The van der Waals surface area contributed by atoms with Crippen molar-refractivity contribution in [2.45, 2.75) is 22.5 Å². The van der Waals surface area contributed by atoms with Crippen LogP contribution >= 0.6 is 0 Å². The Balaban J connectivity index is 2.13. The Morgan fingerprint density at radius 2 is 1.83 bits per heavy atom. The van der Waals surface area contributed by atoms with Gasteiger partial charge in [-0.05, 0) is 18.6 Å². The summed E-state index contributed by atoms with van der Waals surface area (Å²) in [4.78, 5) is -0.156. The summed E-state index contributed by atoms with van der Waals surface area (Å²) in [7, 11) is -4.31. The quantitative estimate of drug-likeness (QED) is 0.774. The molecule has 2 bridgehead atoms. The predicted molar refractivity (Wildman–Crippen MR) is 63.1 cm³/mol. The Morgan fingerprint density at radius 3 is 2.39 bits per heavy atom. The largest absolute Gasteiger partial charge is 0.252 e. The SMILES string of the molecule is O=S(=O)(c1ccccc1)[C@]1(F)[C@H]2C=C[C@H](C2)[C@@H]1F. The molecule has 0 unspecified atom stereocenters. The second-order valence-electron chi connectivity index (χ2n) is 4.81. The number of allylic oxidation sites excluding steroid dienone is 2. The lowest BCUT2D eigenvalue weighted by molar-refractivity contribution is 0.114. The van der Waals surface area contributed by atoms with E-state index < -0.39 is 32.8 Å². The Kier molecular flexibility index (Phi) is 2.39. The number of halogens is 2. The summed E-state index contributed by atoms with van der Waals surface area (Å²) < 4.78 is 53.5. The zero-order valence-corrected chi connectivity index (χ0v) is 10.3. The van der Waals surface area contributed by atoms with Crippen LogP contribution in [0.4, 0.5) is 8.78 Å². The van der Waals surface area contributed by atoms with Crippen molar-refractivity contribution in [2.75, 3.05) is 0 Å². The van der Waals surface area contributed by atoms with Crippen molar-refractivity contribution in [3.05, 3.63) is 42.5 Å². The van der Waals surface area contributed by atoms with Gasteiger partial charge in [0.15, 0.2) is 6.17 Å². The van der Waals surface area contributed by atoms with Crippen molar-refractivity contribution >= 4 is 9.84 Å². The molecule has 4 atom stereocenters. The summed E-state index contributed by atoms with van der Waals surface area (Å²) in [6.07, 6.45) is 1.33. The zero-order chi connectivity index (χ0) is 13.0. The zero-order valence-electron chi connectivity index (χ0n) is 9.46. The standard InChI is InChI=1S/C13H12F2O2S/c14-12-9-6-7-10(8-9)13(12,15)18(16,17)11-4-2-1-3-5-11/h1-7,9-10,12H,8H2/t9-,10+,12+,13-/m1/s1. The summed E-state index contributed by atoms with van der Waals surface area (Å²) in [5, 5.41) is -2.81. The molecule has 0 N–H and O–H groups in total. The highest BCUT2D eigenvalue weighted by Crippen LogP contribution is 2.54. The normalized spacial score (nSPS) is 38.2. The molecule has 2 aliphatic carbocycles. The van der Waals surface area contributed by atoms with Crippen LogP contribution in [0.3, 0.4) is 0 Å². The highest BCUT2D eigenvalue weighted by atomic mass is 32.2. The van der Waals surface area contributed by atoms with Crippen LogP contribution in [-0.4, -0.2) is 19.6 Å². The van der Waals surface area contributed by atoms with Crippen molar-refractivity contribution in [2.24, 2.45) is 11.8 Å². The van der Waals surface area contributed by atoms with E-state index >= 15 is 0 Å². The summed E-state index contributed by atoms with van der Waals surface area (Å²) >= 11 is 0. The maximum absolute atomic E-state index is 14.9. The number of benzene rings is 1. The summed E-state index contributed by atoms with van der Waals surface area (Å²) in [5.41, 5.74) is 0. The minimum atomic E-state index is -4.31. The van der Waals surface area contributed by atoms with Gasteiger partial charge in [0, 0.05) is 11.8 Å². The molecule has 0 aromatic heterocycles. The van der Waals surface area contributed by atoms with Gasteiger partial charge in [-0.25, -0.2) is 17.2 Å². The number of hydrogen-bond donors (Lipinski definition) is 0. The molecule has 2 nitrogen and oxygen atoms in total. The number of fused-ring (bicyclic) bond motifs is 2. The minimum Gasteiger partial charge on any atom is -0.242 e. The topological polar surface area (TPSA) is 34.1 Å². The fourth-order valence-electron chi connectivity index (χ4n) is 2.86. The maximum Gasteiger partial charge on any atom is 0.252 e. The minimum absolute atomic E-state index is 0.156. The van der Waals surface area contributed by atoms with Crippen LogP contribution in [0.15, 0.2) is 47.4 Å². The van der Waals surface area contributed by atoms with Gasteiger partial charge in [-0.3, -0.25) is 0 Å². The van der Waals surface area contributed by atoms with E-state index in [0.29, 0.717) is 0 Å². The molecule has 0 radical (unpaired) electrons. The Labute approximate surface area is 104 Å². The van der Waals surface area contributed by atoms with E-state index in [1.807, 2.05) is 0 Å². The van der Waals surface area contributed by atoms with Crippen LogP contribution in [0.25, 0.3) is 0 Å². The number of rotatable bonds is 2. The van der Waals surface area contributed by atoms with Crippen LogP contribution < -0.4 is 0 Å². The molecule has 1 aromatic rings. The van der Waals surface area contributed by atoms with Gasteiger partial charge in [0.2, 0.25) is 9.84 Å². The molecule has 0 spiro atoms. The molecule has 0 saturated heterocycles. The second kappa shape index (κ2) is 3.63. The second-order valence-corrected chi connectivity index (χ2v) is 6.91. The molecule has 1 fully saturated rings. The van der Waals surface area contributed by atoms with Gasteiger partial charge in [0.05, 0.1) is 4.90 Å². The molecule has 0 amide bonds. The van der Waals surface area contributed by atoms with Crippen molar-refractivity contribution in [1.29, 1.82) is 0 Å². The van der Waals surface area contributed by atoms with E-state index in [2.05, 4.69) is 0 Å². The molecule has 18 heavy (non-hydrogen) atoms. The molecule has 5 heteroatoms. The van der Waals surface area contributed by atoms with Gasteiger partial charge in [-0.15, -0.1) is 0 Å². The molecule has 2 aliphatic rings. The summed E-state index contributed by atoms with van der Waals surface area (Å²) in [5.74, 6) is -1.49. The average molecular weight is 270 g/mol. The molecule has 3 rings (SSSR count). The fraction of sp³-hybridized carbons (Fsp3) is 0.385. The molecule has 0 aliphatic heterocycles. The monoisotopic (exact) mass is 270 g/mol. The van der Waals surface area contributed by atoms with Gasteiger partial charge in [-0.1, -0.05) is 30.4 Å². The van der Waals surface area contributed by atoms with Gasteiger partial charge in [0.25, 0.3) is 5.00 Å². The van der Waals surface area contributed by atoms with Crippen LogP contribution in [-0.2, 0) is 9.84 Å². The Morgan fingerprint density at radius 1 is 1.17 bits per heavy atom. The van der Waals surface area contributed by atoms with Crippen LogP contribution in [0.5, 0.6) is 0 Å². The van der Waals surface area contributed by atoms with Crippen molar-refractivity contribution in [3.63, 3.8) is 0 Å². The van der Waals surface area contributed by atoms with Gasteiger partial charge < -0.3 is 0 Å². The Bertz CT molecular complexity index is 597. The third-order valence-electron chi connectivity index (χ3n) is 3.84. The summed E-state index contributed by atoms with van der Waals surface area (Å²) in [6, 6.07) is 7.26. The first-order valence-electron chi connectivity index (χ1n) is 5.79. The molecule has 1 aromatic carbocycles. The fourth-order valence-corrected chi connectivity index (χ4v) is 4.78. The maximum atomic E-state index is 14.9. The van der Waals surface area contributed by atoms with Crippen LogP contribution in [0.1, 0.15) is 6.42 Å². The summed E-state index contributed by atoms with van der Waals surface area (Å²) in [6.45, 7) is 0. The number of hydrogen-bond acceptors (Lipinski definition) is 2. The lowest BCUT2D eigenvalue weighted by atomic mass is 10.0. The van der Waals surface area contributed by atoms with E-state index in [0.717, 1.165) is 0 Å². The molecular weight excluding hydrogens is 258 g/mol. The molecule has 0 heterocycles. The van der Waals surface area contributed by atoms with Gasteiger partial charge >= 0.3 is 0 Å². The lowest BCUT2D eigenvalue weighted by Crippen LogP contribution is -2.46. The van der Waals surface area contributed by atoms with E-state index in [1.165, 1.54) is 30.3 Å². The highest BCUT2D eigenvalue weighted by Gasteiger charge is 2.65. The first-order valence-corrected chi connectivity index (χ1v) is 7.27. The first-order chi connectivity index (χ1) is 8.48. The molecule has 96 valence electrons. The average Bonchev–Trinajstić information content (AvgIpc) is 2.94. The van der Waals surface area contributed by atoms with E-state index in [-0.39, 0.29) is 11.3 Å². The van der Waals surface area contributed by atoms with E-state index in [1.54, 1.807) is 12.1 Å². The van der Waals surface area contributed by atoms with E-state index in [4.69, 9.17) is 0 Å². The first kappa shape index (κ1) is 11.8. The number of alkyl halides is 2. The third kappa shape index (κ3) is 1.28. The lowest BCUT2D eigenvalue weighted by Gasteiger charge is -2.29. The van der Waals surface area contributed by atoms with Crippen LogP contribution in [0.2, 0.25) is 0 Å². The van der Waals surface area contributed by atoms with Gasteiger partial charge in [-0.2, -0.15) is 0 Å². The molecule has 1 saturated carbocycles. The van der Waals surface area contributed by atoms with Gasteiger partial charge in [0.1, 0.15) is 0 Å². The van der Waals surface area contributed by atoms with Crippen molar-refractivity contribution in [1.82, 2.24) is 0 Å². The smallest absolute Gasteiger partial charge is 0.242 e. The Hall–Kier alpha value is -1.23. The third-order valence-corrected chi connectivity index (χ3v) is 6.08. The highest BCUT2D eigenvalue weighted by molar-refractivity contribution is 7.92. The van der Waals surface area contributed by atoms with Crippen molar-refractivity contribution < 1.29 is 17.2 Å². The van der Waals surface area contributed by atoms with Crippen LogP contribution in [0, 0.1) is 11.8 Å². The van der Waals surface area contributed by atoms with Crippen molar-refractivity contribution in [3.8, 4) is 0 Å². The van der Waals surface area contributed by atoms with E-state index in [9.17, 15) is 17.2 Å². The molecular formula is C13H12F2O2S.